The van der Waals surface area contributed by atoms with Crippen LogP contribution in [0, 0.1) is 0 Å². The lowest BCUT2D eigenvalue weighted by Crippen LogP contribution is -2.38. The van der Waals surface area contributed by atoms with Crippen molar-refractivity contribution in [1.82, 2.24) is 10.2 Å². The Hall–Kier alpha value is -1.46. The molecule has 5 nitrogen and oxygen atoms in total. The van der Waals surface area contributed by atoms with Gasteiger partial charge in [0.15, 0.2) is 0 Å². The first-order chi connectivity index (χ1) is 10.7. The monoisotopic (exact) mass is 342 g/mol. The first kappa shape index (κ1) is 19.6. The maximum Gasteiger partial charge on any atom is 0.222 e. The van der Waals surface area contributed by atoms with Gasteiger partial charge in [-0.1, -0.05) is 0 Å². The van der Waals surface area contributed by atoms with Gasteiger partial charge in [0.05, 0.1) is 13.2 Å². The van der Waals surface area contributed by atoms with Crippen molar-refractivity contribution in [3.8, 4) is 11.5 Å². The number of nitrogens with one attached hydrogen (secondary N) is 1. The first-order valence-electron chi connectivity index (χ1n) is 8.02. The fourth-order valence-electron chi connectivity index (χ4n) is 2.56. The lowest BCUT2D eigenvalue weighted by Gasteiger charge is -2.23. The largest absolute Gasteiger partial charge is 0.494 e. The van der Waals surface area contributed by atoms with Crippen LogP contribution in [0.25, 0.3) is 0 Å². The second kappa shape index (κ2) is 10.3. The number of carbonyl (C=O) groups is 1. The maximum atomic E-state index is 12.1. The van der Waals surface area contributed by atoms with E-state index in [2.05, 4.69) is 5.32 Å². The van der Waals surface area contributed by atoms with E-state index in [9.17, 15) is 4.79 Å². The number of rotatable bonds is 8. The smallest absolute Gasteiger partial charge is 0.222 e. The molecule has 1 aliphatic heterocycles. The van der Waals surface area contributed by atoms with E-state index in [1.165, 1.54) is 0 Å². The third-order valence-corrected chi connectivity index (χ3v) is 3.91. The number of nitrogens with zero attached hydrogens (tertiary/aromatic N) is 1. The van der Waals surface area contributed by atoms with Crippen molar-refractivity contribution in [2.45, 2.75) is 32.2 Å². The molecule has 1 aromatic rings. The summed E-state index contributed by atoms with van der Waals surface area (Å²) in [4.78, 5) is 14.0. The summed E-state index contributed by atoms with van der Waals surface area (Å²) in [5.74, 6) is 1.85. The van der Waals surface area contributed by atoms with Gasteiger partial charge in [-0.2, -0.15) is 0 Å². The standard InChI is InChI=1S/C17H26N2O3.ClH/c1-3-21-15-6-8-16(9-7-15)22-12-4-5-17(20)19(2)14-10-11-18-13-14;/h6-9,14,18H,3-5,10-13H2,1-2H3;1H. The van der Waals surface area contributed by atoms with Crippen LogP contribution in [-0.2, 0) is 4.79 Å². The second-order valence-electron chi connectivity index (χ2n) is 5.51. The molecular formula is C17H27ClN2O3. The van der Waals surface area contributed by atoms with Gasteiger partial charge < -0.3 is 19.7 Å². The molecule has 1 saturated heterocycles. The topological polar surface area (TPSA) is 50.8 Å². The molecule has 1 atom stereocenters. The van der Waals surface area contributed by atoms with Crippen LogP contribution in [-0.4, -0.2) is 50.2 Å². The molecule has 1 unspecified atom stereocenters. The van der Waals surface area contributed by atoms with Crippen LogP contribution >= 0.6 is 12.4 Å². The quantitative estimate of drug-likeness (QED) is 0.737. The predicted molar refractivity (Wildman–Crippen MR) is 93.6 cm³/mol. The van der Waals surface area contributed by atoms with Gasteiger partial charge in [0, 0.05) is 26.1 Å². The Morgan fingerprint density at radius 1 is 1.26 bits per heavy atom. The Morgan fingerprint density at radius 2 is 1.91 bits per heavy atom. The van der Waals surface area contributed by atoms with Gasteiger partial charge in [0.25, 0.3) is 0 Å². The summed E-state index contributed by atoms with van der Waals surface area (Å²) in [5.41, 5.74) is 0. The van der Waals surface area contributed by atoms with Crippen molar-refractivity contribution in [3.05, 3.63) is 24.3 Å². The number of benzene rings is 1. The van der Waals surface area contributed by atoms with Crippen LogP contribution in [0.15, 0.2) is 24.3 Å². The molecule has 0 spiro atoms. The summed E-state index contributed by atoms with van der Waals surface area (Å²) in [5, 5.41) is 3.28. The summed E-state index contributed by atoms with van der Waals surface area (Å²) >= 11 is 0. The molecule has 2 rings (SSSR count). The number of amides is 1. The molecule has 130 valence electrons. The van der Waals surface area contributed by atoms with E-state index in [-0.39, 0.29) is 18.3 Å². The van der Waals surface area contributed by atoms with Crippen molar-refractivity contribution >= 4 is 18.3 Å². The van der Waals surface area contributed by atoms with Gasteiger partial charge in [-0.05, 0) is 50.6 Å². The van der Waals surface area contributed by atoms with E-state index in [0.717, 1.165) is 37.4 Å². The van der Waals surface area contributed by atoms with Gasteiger partial charge in [-0.3, -0.25) is 4.79 Å². The molecule has 0 aliphatic carbocycles. The Balaban J connectivity index is 0.00000264. The number of carbonyl (C=O) groups excluding carboxylic acids is 1. The fourth-order valence-corrected chi connectivity index (χ4v) is 2.56. The fraction of sp³-hybridized carbons (Fsp3) is 0.588. The highest BCUT2D eigenvalue weighted by molar-refractivity contribution is 5.85. The lowest BCUT2D eigenvalue weighted by molar-refractivity contribution is -0.131. The van der Waals surface area contributed by atoms with Crippen LogP contribution in [0.5, 0.6) is 11.5 Å². The summed E-state index contributed by atoms with van der Waals surface area (Å²) in [6.07, 6.45) is 2.31. The lowest BCUT2D eigenvalue weighted by atomic mass is 10.2. The molecule has 0 aromatic heterocycles. The predicted octanol–water partition coefficient (Wildman–Crippen LogP) is 2.49. The first-order valence-corrected chi connectivity index (χ1v) is 8.02. The second-order valence-corrected chi connectivity index (χ2v) is 5.51. The molecular weight excluding hydrogens is 316 g/mol. The van der Waals surface area contributed by atoms with E-state index in [4.69, 9.17) is 9.47 Å². The van der Waals surface area contributed by atoms with E-state index < -0.39 is 0 Å². The summed E-state index contributed by atoms with van der Waals surface area (Å²) < 4.78 is 11.0. The number of ether oxygens (including phenoxy) is 2. The normalized spacial score (nSPS) is 16.5. The molecule has 0 bridgehead atoms. The highest BCUT2D eigenvalue weighted by Gasteiger charge is 2.22. The van der Waals surface area contributed by atoms with E-state index in [1.54, 1.807) is 0 Å². The summed E-state index contributed by atoms with van der Waals surface area (Å²) in [6, 6.07) is 7.92. The van der Waals surface area contributed by atoms with Gasteiger partial charge >= 0.3 is 0 Å². The maximum absolute atomic E-state index is 12.1. The van der Waals surface area contributed by atoms with Gasteiger partial charge in [-0.25, -0.2) is 0 Å². The summed E-state index contributed by atoms with van der Waals surface area (Å²) in [6.45, 7) is 5.08. The SMILES string of the molecule is CCOc1ccc(OCCCC(=O)N(C)C2CCNC2)cc1.Cl. The molecule has 1 aliphatic rings. The Bertz CT molecular complexity index is 461. The Labute approximate surface area is 144 Å². The van der Waals surface area contributed by atoms with Crippen molar-refractivity contribution < 1.29 is 14.3 Å². The minimum atomic E-state index is 0. The number of hydrogen-bond donors (Lipinski definition) is 1. The average molecular weight is 343 g/mol. The molecule has 1 aromatic carbocycles. The van der Waals surface area contributed by atoms with Crippen LogP contribution < -0.4 is 14.8 Å². The zero-order chi connectivity index (χ0) is 15.8. The highest BCUT2D eigenvalue weighted by atomic mass is 35.5. The van der Waals surface area contributed by atoms with Crippen LogP contribution in [0.3, 0.4) is 0 Å². The molecule has 0 radical (unpaired) electrons. The molecule has 1 fully saturated rings. The van der Waals surface area contributed by atoms with Crippen molar-refractivity contribution in [3.63, 3.8) is 0 Å². The van der Waals surface area contributed by atoms with Crippen molar-refractivity contribution in [1.29, 1.82) is 0 Å². The third kappa shape index (κ3) is 6.28. The van der Waals surface area contributed by atoms with E-state index >= 15 is 0 Å². The summed E-state index contributed by atoms with van der Waals surface area (Å²) in [7, 11) is 1.90. The number of hydrogen-bond acceptors (Lipinski definition) is 4. The van der Waals surface area contributed by atoms with Gasteiger partial charge in [0.1, 0.15) is 11.5 Å². The van der Waals surface area contributed by atoms with Crippen molar-refractivity contribution in [2.24, 2.45) is 0 Å². The zero-order valence-corrected chi connectivity index (χ0v) is 14.7. The number of halogens is 1. The Morgan fingerprint density at radius 3 is 2.48 bits per heavy atom. The molecule has 23 heavy (non-hydrogen) atoms. The molecule has 1 heterocycles. The van der Waals surface area contributed by atoms with Gasteiger partial charge in [0.2, 0.25) is 5.91 Å². The molecule has 0 saturated carbocycles. The van der Waals surface area contributed by atoms with Crippen molar-refractivity contribution in [2.75, 3.05) is 33.4 Å². The zero-order valence-electron chi connectivity index (χ0n) is 13.9. The third-order valence-electron chi connectivity index (χ3n) is 3.91. The molecule has 1 N–H and O–H groups in total. The minimum absolute atomic E-state index is 0. The highest BCUT2D eigenvalue weighted by Crippen LogP contribution is 2.18. The molecule has 1 amide bonds. The van der Waals surface area contributed by atoms with Gasteiger partial charge in [-0.15, -0.1) is 12.4 Å². The Kier molecular flexibility index (Phi) is 8.81. The van der Waals surface area contributed by atoms with E-state index in [1.807, 2.05) is 43.1 Å². The van der Waals surface area contributed by atoms with Crippen LogP contribution in [0.2, 0.25) is 0 Å². The van der Waals surface area contributed by atoms with Crippen LogP contribution in [0.4, 0.5) is 0 Å². The molecule has 6 heteroatoms. The van der Waals surface area contributed by atoms with Crippen LogP contribution in [0.1, 0.15) is 26.2 Å². The van der Waals surface area contributed by atoms with E-state index in [0.29, 0.717) is 25.7 Å². The number of likely N-dealkylation sites (N-methyl/N-ethyl adjacent to an activating group) is 1. The average Bonchev–Trinajstić information content (AvgIpc) is 3.07. The minimum Gasteiger partial charge on any atom is -0.494 e.